The van der Waals surface area contributed by atoms with Crippen molar-refractivity contribution in [3.63, 3.8) is 0 Å². The van der Waals surface area contributed by atoms with Crippen LogP contribution in [0.1, 0.15) is 11.3 Å². The van der Waals surface area contributed by atoms with Crippen molar-refractivity contribution < 1.29 is 17.9 Å². The fraction of sp³-hybridized carbons (Fsp3) is 0.154. The minimum Gasteiger partial charge on any atom is -0.438 e. The van der Waals surface area contributed by atoms with E-state index in [0.717, 1.165) is 6.07 Å². The number of benzene rings is 1. The van der Waals surface area contributed by atoms with Gasteiger partial charge in [-0.3, -0.25) is 0 Å². The largest absolute Gasteiger partial charge is 0.438 e. The molecule has 0 spiro atoms. The Kier molecular flexibility index (Phi) is 4.40. The molecule has 1 aromatic heterocycles. The molecule has 7 heteroatoms. The molecule has 0 fully saturated rings. The zero-order valence-electron chi connectivity index (χ0n) is 9.92. The molecule has 1 heterocycles. The van der Waals surface area contributed by atoms with Gasteiger partial charge in [-0.15, -0.1) is 11.6 Å². The number of hydrogen-bond acceptors (Lipinski definition) is 2. The summed E-state index contributed by atoms with van der Waals surface area (Å²) in [6.07, 6.45) is -4.50. The van der Waals surface area contributed by atoms with Crippen LogP contribution in [0, 0.1) is 0 Å². The number of halogens is 5. The maximum Gasteiger partial charge on any atom is 0.419 e. The molecule has 0 amide bonds. The lowest BCUT2D eigenvalue weighted by Crippen LogP contribution is -2.07. The highest BCUT2D eigenvalue weighted by Crippen LogP contribution is 2.37. The summed E-state index contributed by atoms with van der Waals surface area (Å²) in [5.41, 5.74) is -0.528. The van der Waals surface area contributed by atoms with Crippen molar-refractivity contribution in [2.24, 2.45) is 0 Å². The van der Waals surface area contributed by atoms with Gasteiger partial charge in [-0.25, -0.2) is 4.98 Å². The number of alkyl halides is 4. The Morgan fingerprint density at radius 3 is 2.45 bits per heavy atom. The summed E-state index contributed by atoms with van der Waals surface area (Å²) in [5, 5.41) is 0.330. The molecule has 0 aliphatic heterocycles. The molecular weight excluding hydrogens is 314 g/mol. The molecule has 0 aliphatic rings. The SMILES string of the molecule is FC(F)(F)c1ccccc1Oc1ccc(Cl)c(CCl)n1. The first-order chi connectivity index (χ1) is 9.41. The first-order valence-electron chi connectivity index (χ1n) is 5.47. The van der Waals surface area contributed by atoms with Gasteiger partial charge in [-0.05, 0) is 18.2 Å². The second-order valence-electron chi connectivity index (χ2n) is 3.81. The van der Waals surface area contributed by atoms with Crippen LogP contribution in [0.15, 0.2) is 36.4 Å². The molecule has 2 rings (SSSR count). The van der Waals surface area contributed by atoms with Crippen molar-refractivity contribution >= 4 is 23.2 Å². The second-order valence-corrected chi connectivity index (χ2v) is 4.48. The first kappa shape index (κ1) is 14.9. The molecule has 2 nitrogen and oxygen atoms in total. The summed E-state index contributed by atoms with van der Waals surface area (Å²) in [7, 11) is 0. The molecule has 2 aromatic rings. The van der Waals surface area contributed by atoms with E-state index >= 15 is 0 Å². The van der Waals surface area contributed by atoms with Crippen molar-refractivity contribution in [1.29, 1.82) is 0 Å². The highest BCUT2D eigenvalue weighted by atomic mass is 35.5. The van der Waals surface area contributed by atoms with Crippen LogP contribution >= 0.6 is 23.2 Å². The molecule has 0 aliphatic carbocycles. The lowest BCUT2D eigenvalue weighted by Gasteiger charge is -2.13. The average molecular weight is 322 g/mol. The number of ether oxygens (including phenoxy) is 1. The van der Waals surface area contributed by atoms with Crippen LogP contribution in [0.3, 0.4) is 0 Å². The van der Waals surface area contributed by atoms with Crippen molar-refractivity contribution in [3.05, 3.63) is 52.7 Å². The predicted molar refractivity (Wildman–Crippen MR) is 70.3 cm³/mol. The maximum atomic E-state index is 12.8. The molecule has 0 saturated carbocycles. The molecule has 1 aromatic carbocycles. The summed E-state index contributed by atoms with van der Waals surface area (Å²) in [6.45, 7) is 0. The third kappa shape index (κ3) is 3.35. The van der Waals surface area contributed by atoms with E-state index in [-0.39, 0.29) is 17.5 Å². The molecule has 0 radical (unpaired) electrons. The average Bonchev–Trinajstić information content (AvgIpc) is 2.40. The molecular formula is C13H8Cl2F3NO. The molecule has 0 saturated heterocycles. The van der Waals surface area contributed by atoms with Crippen molar-refractivity contribution in [1.82, 2.24) is 4.98 Å². The minimum atomic E-state index is -4.50. The van der Waals surface area contributed by atoms with Gasteiger partial charge in [0, 0.05) is 6.07 Å². The Labute approximate surface area is 123 Å². The van der Waals surface area contributed by atoms with Gasteiger partial charge in [0.15, 0.2) is 0 Å². The summed E-state index contributed by atoms with van der Waals surface area (Å²) in [5.74, 6) is -0.283. The number of aromatic nitrogens is 1. The maximum absolute atomic E-state index is 12.8. The van der Waals surface area contributed by atoms with E-state index < -0.39 is 11.7 Å². The first-order valence-corrected chi connectivity index (χ1v) is 6.38. The Balaban J connectivity index is 2.36. The van der Waals surface area contributed by atoms with E-state index in [1.165, 1.54) is 30.3 Å². The number of para-hydroxylation sites is 1. The highest BCUT2D eigenvalue weighted by Gasteiger charge is 2.34. The number of hydrogen-bond donors (Lipinski definition) is 0. The molecule has 0 bridgehead atoms. The molecule has 106 valence electrons. The zero-order chi connectivity index (χ0) is 14.8. The quantitative estimate of drug-likeness (QED) is 0.717. The van der Waals surface area contributed by atoms with Crippen LogP contribution in [0.2, 0.25) is 5.02 Å². The van der Waals surface area contributed by atoms with Crippen LogP contribution < -0.4 is 4.74 Å². The van der Waals surface area contributed by atoms with E-state index in [9.17, 15) is 13.2 Å². The van der Waals surface area contributed by atoms with E-state index in [1.54, 1.807) is 0 Å². The Morgan fingerprint density at radius 1 is 1.10 bits per heavy atom. The minimum absolute atomic E-state index is 0.00162. The summed E-state index contributed by atoms with van der Waals surface area (Å²) in [6, 6.07) is 7.74. The third-order valence-corrected chi connectivity index (χ3v) is 3.02. The van der Waals surface area contributed by atoms with Crippen molar-refractivity contribution in [2.45, 2.75) is 12.1 Å². The van der Waals surface area contributed by atoms with Gasteiger partial charge in [-0.1, -0.05) is 23.7 Å². The van der Waals surface area contributed by atoms with Crippen LogP contribution in [0.25, 0.3) is 0 Å². The summed E-state index contributed by atoms with van der Waals surface area (Å²) in [4.78, 5) is 3.96. The van der Waals surface area contributed by atoms with E-state index in [0.29, 0.717) is 10.7 Å². The summed E-state index contributed by atoms with van der Waals surface area (Å²) < 4.78 is 43.6. The normalized spacial score (nSPS) is 11.4. The zero-order valence-corrected chi connectivity index (χ0v) is 11.4. The van der Waals surface area contributed by atoms with Gasteiger partial charge in [0.1, 0.15) is 5.75 Å². The van der Waals surface area contributed by atoms with Gasteiger partial charge < -0.3 is 4.74 Å². The van der Waals surface area contributed by atoms with Crippen LogP contribution in [0.4, 0.5) is 13.2 Å². The molecule has 0 unspecified atom stereocenters. The summed E-state index contributed by atoms with van der Waals surface area (Å²) >= 11 is 11.4. The highest BCUT2D eigenvalue weighted by molar-refractivity contribution is 6.32. The lowest BCUT2D eigenvalue weighted by molar-refractivity contribution is -0.138. The van der Waals surface area contributed by atoms with E-state index in [2.05, 4.69) is 4.98 Å². The van der Waals surface area contributed by atoms with Crippen molar-refractivity contribution in [3.8, 4) is 11.6 Å². The topological polar surface area (TPSA) is 22.1 Å². The Bertz CT molecular complexity index is 617. The van der Waals surface area contributed by atoms with Gasteiger partial charge in [-0.2, -0.15) is 13.2 Å². The van der Waals surface area contributed by atoms with Gasteiger partial charge in [0.05, 0.1) is 22.2 Å². The number of nitrogens with zero attached hydrogens (tertiary/aromatic N) is 1. The predicted octanol–water partition coefficient (Wildman–Crippen LogP) is 5.28. The van der Waals surface area contributed by atoms with Gasteiger partial charge in [0.2, 0.25) is 5.88 Å². The second kappa shape index (κ2) is 5.89. The monoisotopic (exact) mass is 321 g/mol. The van der Waals surface area contributed by atoms with Crippen LogP contribution in [-0.4, -0.2) is 4.98 Å². The fourth-order valence-corrected chi connectivity index (χ4v) is 1.96. The van der Waals surface area contributed by atoms with Crippen LogP contribution in [-0.2, 0) is 12.1 Å². The number of rotatable bonds is 3. The molecule has 20 heavy (non-hydrogen) atoms. The van der Waals surface area contributed by atoms with Crippen LogP contribution in [0.5, 0.6) is 11.6 Å². The van der Waals surface area contributed by atoms with Gasteiger partial charge in [0.25, 0.3) is 0 Å². The fourth-order valence-electron chi connectivity index (χ4n) is 1.52. The molecule has 0 N–H and O–H groups in total. The smallest absolute Gasteiger partial charge is 0.419 e. The molecule has 0 atom stereocenters. The van der Waals surface area contributed by atoms with E-state index in [4.69, 9.17) is 27.9 Å². The van der Waals surface area contributed by atoms with Gasteiger partial charge >= 0.3 is 6.18 Å². The number of pyridine rings is 1. The standard InChI is InChI=1S/C13H8Cl2F3NO/c14-7-10-9(15)5-6-12(19-10)20-11-4-2-1-3-8(11)13(16,17)18/h1-6H,7H2. The lowest BCUT2D eigenvalue weighted by atomic mass is 10.2. The Morgan fingerprint density at radius 2 is 1.80 bits per heavy atom. The van der Waals surface area contributed by atoms with E-state index in [1.807, 2.05) is 0 Å². The Hall–Kier alpha value is -1.46. The third-order valence-electron chi connectivity index (χ3n) is 2.43. The van der Waals surface area contributed by atoms with Crippen molar-refractivity contribution in [2.75, 3.05) is 0 Å².